The highest BCUT2D eigenvalue weighted by Crippen LogP contribution is 2.29. The van der Waals surface area contributed by atoms with Crippen LogP contribution in [0.4, 0.5) is 5.69 Å². The monoisotopic (exact) mass is 467 g/mol. The zero-order valence-electron chi connectivity index (χ0n) is 16.9. The second-order valence-electron chi connectivity index (χ2n) is 7.60. The number of nitrogens with one attached hydrogen (secondary N) is 1. The van der Waals surface area contributed by atoms with Gasteiger partial charge >= 0.3 is 0 Å². The molecular formula is C24H26BrN3O2. The third-order valence-corrected chi connectivity index (χ3v) is 5.95. The lowest BCUT2D eigenvalue weighted by Crippen LogP contribution is -2.33. The molecule has 30 heavy (non-hydrogen) atoms. The number of carbonyl (C=O) groups excluding carboxylic acids is 1. The summed E-state index contributed by atoms with van der Waals surface area (Å²) in [6.07, 6.45) is 7.69. The van der Waals surface area contributed by atoms with E-state index in [9.17, 15) is 4.79 Å². The van der Waals surface area contributed by atoms with Gasteiger partial charge in [-0.25, -0.2) is 0 Å². The molecular weight excluding hydrogens is 442 g/mol. The molecule has 0 unspecified atom stereocenters. The van der Waals surface area contributed by atoms with Crippen LogP contribution in [0.2, 0.25) is 0 Å². The summed E-state index contributed by atoms with van der Waals surface area (Å²) in [6, 6.07) is 13.2. The zero-order chi connectivity index (χ0) is 20.8. The number of aliphatic imine (C=N–C) groups is 1. The Morgan fingerprint density at radius 3 is 2.63 bits per heavy atom. The topological polar surface area (TPSA) is 53.9 Å². The van der Waals surface area contributed by atoms with Crippen molar-refractivity contribution in [3.8, 4) is 5.75 Å². The summed E-state index contributed by atoms with van der Waals surface area (Å²) in [5.41, 5.74) is 3.45. The average molecular weight is 468 g/mol. The SMILES string of the molecule is O=C(Nc1cc(Br)ccc1C1=CC=NC1)c1ccc(OCCN2CCCCC2)cc1. The molecule has 0 aliphatic carbocycles. The maximum Gasteiger partial charge on any atom is 0.255 e. The van der Waals surface area contributed by atoms with Crippen LogP contribution in [0.3, 0.4) is 0 Å². The maximum absolute atomic E-state index is 12.8. The van der Waals surface area contributed by atoms with Gasteiger partial charge in [0.05, 0.1) is 6.54 Å². The fourth-order valence-corrected chi connectivity index (χ4v) is 4.15. The number of anilines is 1. The molecule has 1 N–H and O–H groups in total. The molecule has 2 aliphatic heterocycles. The Bertz CT molecular complexity index is 947. The standard InChI is InChI=1S/C24H26BrN3O2/c25-20-6-9-22(19-10-11-26-17-19)23(16-20)27-24(29)18-4-7-21(8-5-18)30-15-14-28-12-2-1-3-13-28/h4-11,16H,1-3,12-15,17H2,(H,27,29). The van der Waals surface area contributed by atoms with Crippen molar-refractivity contribution in [1.29, 1.82) is 0 Å². The van der Waals surface area contributed by atoms with Crippen LogP contribution in [-0.2, 0) is 0 Å². The van der Waals surface area contributed by atoms with Crippen LogP contribution in [0.1, 0.15) is 35.2 Å². The summed E-state index contributed by atoms with van der Waals surface area (Å²) >= 11 is 3.49. The van der Waals surface area contributed by atoms with Crippen LogP contribution in [0.15, 0.2) is 58.0 Å². The number of hydrogen-bond donors (Lipinski definition) is 1. The molecule has 156 valence electrons. The van der Waals surface area contributed by atoms with Crippen LogP contribution in [0.25, 0.3) is 5.57 Å². The summed E-state index contributed by atoms with van der Waals surface area (Å²) in [7, 11) is 0. The Morgan fingerprint density at radius 2 is 1.90 bits per heavy atom. The van der Waals surface area contributed by atoms with E-state index in [1.807, 2.05) is 36.4 Å². The van der Waals surface area contributed by atoms with Gasteiger partial charge in [-0.1, -0.05) is 28.4 Å². The van der Waals surface area contributed by atoms with Gasteiger partial charge in [0.1, 0.15) is 12.4 Å². The molecule has 0 spiro atoms. The Hall–Kier alpha value is -2.44. The van der Waals surface area contributed by atoms with Gasteiger partial charge in [-0.3, -0.25) is 14.7 Å². The van der Waals surface area contributed by atoms with Crippen molar-refractivity contribution < 1.29 is 9.53 Å². The van der Waals surface area contributed by atoms with Crippen LogP contribution in [0.5, 0.6) is 5.75 Å². The molecule has 2 heterocycles. The molecule has 0 saturated carbocycles. The minimum absolute atomic E-state index is 0.145. The number of carbonyl (C=O) groups is 1. The van der Waals surface area contributed by atoms with E-state index in [1.165, 1.54) is 32.4 Å². The van der Waals surface area contributed by atoms with Gasteiger partial charge in [0.15, 0.2) is 0 Å². The van der Waals surface area contributed by atoms with Crippen molar-refractivity contribution in [2.75, 3.05) is 38.1 Å². The smallest absolute Gasteiger partial charge is 0.255 e. The molecule has 4 rings (SSSR count). The molecule has 2 aromatic carbocycles. The highest BCUT2D eigenvalue weighted by atomic mass is 79.9. The molecule has 2 aromatic rings. The first-order valence-electron chi connectivity index (χ1n) is 10.4. The number of hydrogen-bond acceptors (Lipinski definition) is 4. The highest BCUT2D eigenvalue weighted by molar-refractivity contribution is 9.10. The number of allylic oxidation sites excluding steroid dienone is 1. The summed E-state index contributed by atoms with van der Waals surface area (Å²) in [5, 5.41) is 3.04. The van der Waals surface area contributed by atoms with Gasteiger partial charge in [-0.15, -0.1) is 0 Å². The normalized spacial score (nSPS) is 16.4. The van der Waals surface area contributed by atoms with Crippen LogP contribution in [-0.4, -0.2) is 49.8 Å². The lowest BCUT2D eigenvalue weighted by atomic mass is 10.0. The Labute approximate surface area is 186 Å². The number of amides is 1. The van der Waals surface area contributed by atoms with Crippen molar-refractivity contribution in [2.45, 2.75) is 19.3 Å². The molecule has 1 amide bonds. The van der Waals surface area contributed by atoms with E-state index >= 15 is 0 Å². The van der Waals surface area contributed by atoms with Crippen LogP contribution < -0.4 is 10.1 Å². The van der Waals surface area contributed by atoms with E-state index in [4.69, 9.17) is 4.74 Å². The molecule has 0 radical (unpaired) electrons. The van der Waals surface area contributed by atoms with Crippen molar-refractivity contribution >= 4 is 39.3 Å². The maximum atomic E-state index is 12.8. The van der Waals surface area contributed by atoms with Gasteiger partial charge in [0, 0.05) is 34.0 Å². The quantitative estimate of drug-likeness (QED) is 0.620. The lowest BCUT2D eigenvalue weighted by Gasteiger charge is -2.26. The Balaban J connectivity index is 1.35. The first-order valence-corrected chi connectivity index (χ1v) is 11.2. The molecule has 0 aromatic heterocycles. The van der Waals surface area contributed by atoms with Crippen molar-refractivity contribution in [1.82, 2.24) is 4.90 Å². The van der Waals surface area contributed by atoms with Crippen molar-refractivity contribution in [3.63, 3.8) is 0 Å². The Kier molecular flexibility index (Phi) is 6.97. The number of nitrogens with zero attached hydrogens (tertiary/aromatic N) is 2. The Morgan fingerprint density at radius 1 is 1.10 bits per heavy atom. The van der Waals surface area contributed by atoms with Crippen molar-refractivity contribution in [3.05, 3.63) is 64.1 Å². The molecule has 1 fully saturated rings. The number of ether oxygens (including phenoxy) is 1. The second-order valence-corrected chi connectivity index (χ2v) is 8.52. The molecule has 5 nitrogen and oxygen atoms in total. The van der Waals surface area contributed by atoms with Crippen molar-refractivity contribution in [2.24, 2.45) is 4.99 Å². The van der Waals surface area contributed by atoms with Gasteiger partial charge in [0.25, 0.3) is 5.91 Å². The van der Waals surface area contributed by atoms with E-state index in [2.05, 4.69) is 31.1 Å². The average Bonchev–Trinajstić information content (AvgIpc) is 3.30. The minimum atomic E-state index is -0.145. The lowest BCUT2D eigenvalue weighted by molar-refractivity contribution is 0.102. The third-order valence-electron chi connectivity index (χ3n) is 5.46. The molecule has 0 bridgehead atoms. The molecule has 6 heteroatoms. The molecule has 1 saturated heterocycles. The van der Waals surface area contributed by atoms with Gasteiger partial charge in [-0.2, -0.15) is 0 Å². The summed E-state index contributed by atoms with van der Waals surface area (Å²) in [4.78, 5) is 19.5. The van der Waals surface area contributed by atoms with Gasteiger partial charge < -0.3 is 10.1 Å². The fourth-order valence-electron chi connectivity index (χ4n) is 3.79. The zero-order valence-corrected chi connectivity index (χ0v) is 18.5. The predicted octanol–water partition coefficient (Wildman–Crippen LogP) is 5.03. The number of benzene rings is 2. The number of rotatable bonds is 7. The summed E-state index contributed by atoms with van der Waals surface area (Å²) < 4.78 is 6.78. The first kappa shape index (κ1) is 20.8. The summed E-state index contributed by atoms with van der Waals surface area (Å²) in [6.45, 7) is 4.59. The third kappa shape index (κ3) is 5.37. The highest BCUT2D eigenvalue weighted by Gasteiger charge is 2.14. The minimum Gasteiger partial charge on any atom is -0.492 e. The molecule has 0 atom stereocenters. The van der Waals surface area contributed by atoms with E-state index < -0.39 is 0 Å². The largest absolute Gasteiger partial charge is 0.492 e. The number of piperidine rings is 1. The van der Waals surface area contributed by atoms with E-state index in [1.54, 1.807) is 18.3 Å². The molecule has 2 aliphatic rings. The predicted molar refractivity (Wildman–Crippen MR) is 126 cm³/mol. The first-order chi connectivity index (χ1) is 14.7. The van der Waals surface area contributed by atoms with Crippen LogP contribution >= 0.6 is 15.9 Å². The fraction of sp³-hybridized carbons (Fsp3) is 0.333. The van der Waals surface area contributed by atoms with E-state index in [0.29, 0.717) is 18.7 Å². The van der Waals surface area contributed by atoms with Gasteiger partial charge in [0.2, 0.25) is 0 Å². The van der Waals surface area contributed by atoms with Gasteiger partial charge in [-0.05, 0) is 74.0 Å². The number of likely N-dealkylation sites (tertiary alicyclic amines) is 1. The van der Waals surface area contributed by atoms with Crippen LogP contribution in [0, 0.1) is 0 Å². The summed E-state index contributed by atoms with van der Waals surface area (Å²) in [5.74, 6) is 0.647. The van der Waals surface area contributed by atoms with E-state index in [0.717, 1.165) is 33.6 Å². The second kappa shape index (κ2) is 10.0. The number of halogens is 1. The van der Waals surface area contributed by atoms with E-state index in [-0.39, 0.29) is 5.91 Å².